The van der Waals surface area contributed by atoms with Gasteiger partial charge in [0.2, 0.25) is 0 Å². The molecule has 21 heavy (non-hydrogen) atoms. The van der Waals surface area contributed by atoms with E-state index in [4.69, 9.17) is 5.73 Å². The molecule has 0 radical (unpaired) electrons. The lowest BCUT2D eigenvalue weighted by Gasteiger charge is -2.07. The topological polar surface area (TPSA) is 124 Å². The van der Waals surface area contributed by atoms with Gasteiger partial charge in [-0.2, -0.15) is 0 Å². The van der Waals surface area contributed by atoms with Crippen LogP contribution in [-0.4, -0.2) is 9.85 Å². The minimum absolute atomic E-state index is 0.216. The molecule has 0 bridgehead atoms. The monoisotopic (exact) mass is 288 g/mol. The van der Waals surface area contributed by atoms with Gasteiger partial charge in [-0.1, -0.05) is 12.1 Å². The fourth-order valence-electron chi connectivity index (χ4n) is 1.83. The van der Waals surface area contributed by atoms with Gasteiger partial charge in [0.25, 0.3) is 11.4 Å². The Morgan fingerprint density at radius 2 is 1.81 bits per heavy atom. The van der Waals surface area contributed by atoms with Crippen molar-refractivity contribution in [2.45, 2.75) is 6.54 Å². The lowest BCUT2D eigenvalue weighted by Crippen LogP contribution is -2.03. The van der Waals surface area contributed by atoms with Crippen molar-refractivity contribution in [3.05, 3.63) is 68.3 Å². The second-order valence-corrected chi connectivity index (χ2v) is 4.31. The zero-order valence-electron chi connectivity index (χ0n) is 10.9. The highest BCUT2D eigenvalue weighted by atomic mass is 16.6. The van der Waals surface area contributed by atoms with E-state index in [-0.39, 0.29) is 17.1 Å². The van der Waals surface area contributed by atoms with E-state index in [9.17, 15) is 20.2 Å². The Balaban J connectivity index is 2.23. The molecule has 0 fully saturated rings. The predicted molar refractivity (Wildman–Crippen MR) is 77.9 cm³/mol. The third-order valence-electron chi connectivity index (χ3n) is 2.82. The molecule has 0 saturated heterocycles. The zero-order valence-corrected chi connectivity index (χ0v) is 10.9. The van der Waals surface area contributed by atoms with Gasteiger partial charge in [-0.05, 0) is 23.8 Å². The SMILES string of the molecule is Nc1cccc(CNc2ccc([N+](=O)[O-])cc2[N+](=O)[O-])c1. The van der Waals surface area contributed by atoms with E-state index in [2.05, 4.69) is 5.32 Å². The van der Waals surface area contributed by atoms with Crippen LogP contribution in [0.3, 0.4) is 0 Å². The van der Waals surface area contributed by atoms with Crippen LogP contribution < -0.4 is 11.1 Å². The maximum atomic E-state index is 11.0. The van der Waals surface area contributed by atoms with Gasteiger partial charge in [0, 0.05) is 18.3 Å². The molecule has 0 aliphatic rings. The molecule has 3 N–H and O–H groups in total. The highest BCUT2D eigenvalue weighted by Crippen LogP contribution is 2.29. The van der Waals surface area contributed by atoms with Crippen molar-refractivity contribution in [1.82, 2.24) is 0 Å². The first kappa shape index (κ1) is 14.3. The van der Waals surface area contributed by atoms with Gasteiger partial charge in [0.05, 0.1) is 15.9 Å². The molecule has 0 amide bonds. The second-order valence-electron chi connectivity index (χ2n) is 4.31. The quantitative estimate of drug-likeness (QED) is 0.495. The smallest absolute Gasteiger partial charge is 0.299 e. The first-order valence-electron chi connectivity index (χ1n) is 5.98. The number of hydrogen-bond donors (Lipinski definition) is 2. The Labute approximate surface area is 119 Å². The molecule has 2 aromatic rings. The number of benzene rings is 2. The Hall–Kier alpha value is -3.16. The van der Waals surface area contributed by atoms with Crippen LogP contribution in [0.4, 0.5) is 22.7 Å². The summed E-state index contributed by atoms with van der Waals surface area (Å²) in [5.74, 6) is 0. The summed E-state index contributed by atoms with van der Waals surface area (Å²) in [5, 5.41) is 24.5. The molecule has 0 aliphatic carbocycles. The van der Waals surface area contributed by atoms with Gasteiger partial charge in [0.1, 0.15) is 5.69 Å². The van der Waals surface area contributed by atoms with Gasteiger partial charge >= 0.3 is 0 Å². The number of hydrogen-bond acceptors (Lipinski definition) is 6. The second kappa shape index (κ2) is 5.87. The summed E-state index contributed by atoms with van der Waals surface area (Å²) in [5.41, 5.74) is 6.64. The van der Waals surface area contributed by atoms with Crippen molar-refractivity contribution in [2.75, 3.05) is 11.1 Å². The first-order valence-corrected chi connectivity index (χ1v) is 5.98. The normalized spacial score (nSPS) is 10.1. The Bertz CT molecular complexity index is 702. The molecule has 0 saturated carbocycles. The van der Waals surface area contributed by atoms with E-state index in [0.717, 1.165) is 11.6 Å². The number of non-ortho nitro benzene ring substituents is 1. The maximum absolute atomic E-state index is 11.0. The van der Waals surface area contributed by atoms with Crippen LogP contribution in [0.15, 0.2) is 42.5 Å². The average molecular weight is 288 g/mol. The number of nitrogens with one attached hydrogen (secondary N) is 1. The van der Waals surface area contributed by atoms with E-state index in [1.165, 1.54) is 12.1 Å². The Kier molecular flexibility index (Phi) is 3.98. The number of anilines is 2. The van der Waals surface area contributed by atoms with Gasteiger partial charge in [-0.25, -0.2) is 0 Å². The molecule has 0 aromatic heterocycles. The van der Waals surface area contributed by atoms with Crippen molar-refractivity contribution in [3.63, 3.8) is 0 Å². The summed E-state index contributed by atoms with van der Waals surface area (Å²) in [4.78, 5) is 20.3. The Morgan fingerprint density at radius 1 is 1.05 bits per heavy atom. The van der Waals surface area contributed by atoms with Crippen LogP contribution in [0.2, 0.25) is 0 Å². The van der Waals surface area contributed by atoms with Crippen molar-refractivity contribution in [2.24, 2.45) is 0 Å². The molecule has 2 rings (SSSR count). The number of nitrogens with two attached hydrogens (primary N) is 1. The summed E-state index contributed by atoms with van der Waals surface area (Å²) < 4.78 is 0. The van der Waals surface area contributed by atoms with Crippen LogP contribution in [0.1, 0.15) is 5.56 Å². The number of nitro benzene ring substituents is 2. The van der Waals surface area contributed by atoms with E-state index >= 15 is 0 Å². The Morgan fingerprint density at radius 3 is 2.43 bits per heavy atom. The zero-order chi connectivity index (χ0) is 15.4. The van der Waals surface area contributed by atoms with Crippen molar-refractivity contribution >= 4 is 22.7 Å². The van der Waals surface area contributed by atoms with E-state index in [0.29, 0.717) is 12.2 Å². The first-order chi connectivity index (χ1) is 9.97. The molecule has 2 aromatic carbocycles. The van der Waals surface area contributed by atoms with Crippen LogP contribution in [0.5, 0.6) is 0 Å². The highest BCUT2D eigenvalue weighted by Gasteiger charge is 2.19. The van der Waals surface area contributed by atoms with Gasteiger partial charge in [-0.3, -0.25) is 20.2 Å². The highest BCUT2D eigenvalue weighted by molar-refractivity contribution is 5.65. The minimum atomic E-state index is -0.672. The van der Waals surface area contributed by atoms with E-state index < -0.39 is 9.85 Å². The standard InChI is InChI=1S/C13H12N4O4/c14-10-3-1-2-9(6-10)8-15-12-5-4-11(16(18)19)7-13(12)17(20)21/h1-7,15H,8,14H2. The summed E-state index contributed by atoms with van der Waals surface area (Å²) in [6, 6.07) is 10.5. The number of nitrogens with zero attached hydrogens (tertiary/aromatic N) is 2. The largest absolute Gasteiger partial charge is 0.399 e. The maximum Gasteiger partial charge on any atom is 0.299 e. The fourth-order valence-corrected chi connectivity index (χ4v) is 1.83. The molecule has 8 nitrogen and oxygen atoms in total. The van der Waals surface area contributed by atoms with Gasteiger partial charge in [-0.15, -0.1) is 0 Å². The number of rotatable bonds is 5. The number of nitro groups is 2. The molecule has 0 aliphatic heterocycles. The van der Waals surface area contributed by atoms with Crippen molar-refractivity contribution < 1.29 is 9.85 Å². The van der Waals surface area contributed by atoms with Crippen molar-refractivity contribution in [3.8, 4) is 0 Å². The lowest BCUT2D eigenvalue weighted by molar-refractivity contribution is -0.393. The lowest BCUT2D eigenvalue weighted by atomic mass is 10.2. The molecule has 0 atom stereocenters. The molecular weight excluding hydrogens is 276 g/mol. The van der Waals surface area contributed by atoms with Crippen LogP contribution in [0, 0.1) is 20.2 Å². The van der Waals surface area contributed by atoms with Gasteiger partial charge in [0.15, 0.2) is 0 Å². The third-order valence-corrected chi connectivity index (χ3v) is 2.82. The number of nitrogen functional groups attached to an aromatic ring is 1. The third kappa shape index (κ3) is 3.44. The van der Waals surface area contributed by atoms with Crippen LogP contribution in [-0.2, 0) is 6.54 Å². The molecule has 8 heteroatoms. The van der Waals surface area contributed by atoms with Gasteiger partial charge < -0.3 is 11.1 Å². The molecule has 0 spiro atoms. The summed E-state index contributed by atoms with van der Waals surface area (Å²) in [6.45, 7) is 0.323. The van der Waals surface area contributed by atoms with Crippen LogP contribution >= 0.6 is 0 Å². The summed E-state index contributed by atoms with van der Waals surface area (Å²) >= 11 is 0. The van der Waals surface area contributed by atoms with Crippen LogP contribution in [0.25, 0.3) is 0 Å². The minimum Gasteiger partial charge on any atom is -0.399 e. The van der Waals surface area contributed by atoms with E-state index in [1.54, 1.807) is 18.2 Å². The molecule has 108 valence electrons. The molecule has 0 unspecified atom stereocenters. The van der Waals surface area contributed by atoms with Crippen molar-refractivity contribution in [1.29, 1.82) is 0 Å². The predicted octanol–water partition coefficient (Wildman–Crippen LogP) is 2.70. The molecule has 0 heterocycles. The summed E-state index contributed by atoms with van der Waals surface area (Å²) in [7, 11) is 0. The average Bonchev–Trinajstić information content (AvgIpc) is 2.44. The fraction of sp³-hybridized carbons (Fsp3) is 0.0769. The molecular formula is C13H12N4O4. The summed E-state index contributed by atoms with van der Waals surface area (Å²) in [6.07, 6.45) is 0. The van der Waals surface area contributed by atoms with E-state index in [1.807, 2.05) is 6.07 Å².